The van der Waals surface area contributed by atoms with Crippen LogP contribution in [0.5, 0.6) is 5.75 Å². The van der Waals surface area contributed by atoms with E-state index in [0.29, 0.717) is 37.9 Å². The van der Waals surface area contributed by atoms with Crippen LogP contribution in [0.3, 0.4) is 0 Å². The lowest BCUT2D eigenvalue weighted by molar-refractivity contribution is -0.0503. The Morgan fingerprint density at radius 1 is 1.14 bits per heavy atom. The molecule has 1 aliphatic heterocycles. The van der Waals surface area contributed by atoms with Gasteiger partial charge in [-0.25, -0.2) is 0 Å². The third-order valence-electron chi connectivity index (χ3n) is 4.81. The van der Waals surface area contributed by atoms with Crippen LogP contribution in [-0.4, -0.2) is 58.6 Å². The molecule has 2 heterocycles. The lowest BCUT2D eigenvalue weighted by Crippen LogP contribution is -2.49. The van der Waals surface area contributed by atoms with Gasteiger partial charge in [-0.15, -0.1) is 0 Å². The van der Waals surface area contributed by atoms with Crippen molar-refractivity contribution in [3.05, 3.63) is 41.5 Å². The highest BCUT2D eigenvalue weighted by atomic mass is 19.3. The number of aromatic nitrogens is 2. The number of benzene rings is 1. The van der Waals surface area contributed by atoms with Crippen molar-refractivity contribution in [3.63, 3.8) is 0 Å². The first-order valence-corrected chi connectivity index (χ1v) is 9.27. The fraction of sp³-hybridized carbons (Fsp3) is 0.526. The number of alkyl halides is 2. The van der Waals surface area contributed by atoms with E-state index in [4.69, 9.17) is 4.52 Å². The molecule has 9 heteroatoms. The molecule has 1 aromatic carbocycles. The maximum absolute atomic E-state index is 12.8. The molecule has 28 heavy (non-hydrogen) atoms. The van der Waals surface area contributed by atoms with Crippen LogP contribution in [0, 0.1) is 0 Å². The van der Waals surface area contributed by atoms with E-state index in [9.17, 15) is 13.6 Å². The lowest BCUT2D eigenvalue weighted by atomic mass is 10.1. The minimum Gasteiger partial charge on any atom is -0.434 e. The lowest BCUT2D eigenvalue weighted by Gasteiger charge is -2.37. The molecular formula is C19H24F2N4O3. The maximum atomic E-state index is 12.8. The van der Waals surface area contributed by atoms with E-state index in [1.165, 1.54) is 12.1 Å². The van der Waals surface area contributed by atoms with E-state index in [2.05, 4.69) is 19.8 Å². The fourth-order valence-electron chi connectivity index (χ4n) is 3.13. The van der Waals surface area contributed by atoms with E-state index in [1.807, 2.05) is 20.8 Å². The summed E-state index contributed by atoms with van der Waals surface area (Å²) in [5.41, 5.74) is 0.141. The summed E-state index contributed by atoms with van der Waals surface area (Å²) in [7, 11) is 0. The van der Waals surface area contributed by atoms with Gasteiger partial charge in [0.25, 0.3) is 5.91 Å². The molecule has 1 saturated heterocycles. The standard InChI is InChI=1S/C19H24F2N4O3/c1-12(2)16-22-17(28-23-16)13(3)24-8-10-25(11-9-24)18(26)14-6-4-5-7-15(14)27-19(20)21/h4-7,12-13,19H,8-11H2,1-3H3. The molecule has 0 spiro atoms. The molecule has 1 unspecified atom stereocenters. The zero-order chi connectivity index (χ0) is 20.3. The molecule has 1 aromatic heterocycles. The number of piperazine rings is 1. The highest BCUT2D eigenvalue weighted by Crippen LogP contribution is 2.25. The molecule has 1 fully saturated rings. The van der Waals surface area contributed by atoms with Gasteiger partial charge in [0.15, 0.2) is 5.82 Å². The van der Waals surface area contributed by atoms with Crippen LogP contribution in [0.1, 0.15) is 54.8 Å². The largest absolute Gasteiger partial charge is 0.434 e. The van der Waals surface area contributed by atoms with Crippen molar-refractivity contribution >= 4 is 5.91 Å². The quantitative estimate of drug-likeness (QED) is 0.749. The van der Waals surface area contributed by atoms with Crippen molar-refractivity contribution in [1.82, 2.24) is 19.9 Å². The highest BCUT2D eigenvalue weighted by Gasteiger charge is 2.29. The average molecular weight is 394 g/mol. The van der Waals surface area contributed by atoms with Gasteiger partial charge in [-0.3, -0.25) is 9.69 Å². The normalized spacial score (nSPS) is 16.6. The Morgan fingerprint density at radius 2 is 1.82 bits per heavy atom. The van der Waals surface area contributed by atoms with Gasteiger partial charge >= 0.3 is 6.61 Å². The second kappa shape index (κ2) is 8.64. The first kappa shape index (κ1) is 20.2. The van der Waals surface area contributed by atoms with Crippen molar-refractivity contribution < 1.29 is 22.8 Å². The maximum Gasteiger partial charge on any atom is 0.387 e. The number of carbonyl (C=O) groups excluding carboxylic acids is 1. The summed E-state index contributed by atoms with van der Waals surface area (Å²) in [5, 5.41) is 4.00. The molecule has 1 aliphatic rings. The molecule has 152 valence electrons. The van der Waals surface area contributed by atoms with Gasteiger partial charge in [0, 0.05) is 32.1 Å². The van der Waals surface area contributed by atoms with Crippen LogP contribution < -0.4 is 4.74 Å². The number of hydrogen-bond donors (Lipinski definition) is 0. The Morgan fingerprint density at radius 3 is 2.43 bits per heavy atom. The van der Waals surface area contributed by atoms with E-state index >= 15 is 0 Å². The molecule has 0 bridgehead atoms. The summed E-state index contributed by atoms with van der Waals surface area (Å²) >= 11 is 0. The molecule has 3 rings (SSSR count). The third-order valence-corrected chi connectivity index (χ3v) is 4.81. The minimum absolute atomic E-state index is 0.0632. The third kappa shape index (κ3) is 4.46. The molecule has 1 amide bonds. The molecule has 7 nitrogen and oxygen atoms in total. The van der Waals surface area contributed by atoms with E-state index in [0.717, 1.165) is 0 Å². The van der Waals surface area contributed by atoms with Crippen molar-refractivity contribution in [2.75, 3.05) is 26.2 Å². The summed E-state index contributed by atoms with van der Waals surface area (Å²) in [6.45, 7) is 5.18. The van der Waals surface area contributed by atoms with Crippen molar-refractivity contribution in [2.45, 2.75) is 39.3 Å². The number of nitrogens with zero attached hydrogens (tertiary/aromatic N) is 4. The van der Waals surface area contributed by atoms with Crippen molar-refractivity contribution in [2.24, 2.45) is 0 Å². The summed E-state index contributed by atoms with van der Waals surface area (Å²) in [4.78, 5) is 21.0. The summed E-state index contributed by atoms with van der Waals surface area (Å²) in [6, 6.07) is 6.00. The van der Waals surface area contributed by atoms with Gasteiger partial charge in [0.2, 0.25) is 5.89 Å². The number of hydrogen-bond acceptors (Lipinski definition) is 6. The second-order valence-corrected chi connectivity index (χ2v) is 7.02. The molecule has 0 saturated carbocycles. The van der Waals surface area contributed by atoms with Gasteiger partial charge in [-0.2, -0.15) is 13.8 Å². The number of rotatable bonds is 6. The smallest absolute Gasteiger partial charge is 0.387 e. The molecule has 1 atom stereocenters. The van der Waals surface area contributed by atoms with Gasteiger partial charge in [-0.1, -0.05) is 31.1 Å². The van der Waals surface area contributed by atoms with Crippen LogP contribution in [0.25, 0.3) is 0 Å². The number of amides is 1. The summed E-state index contributed by atoms with van der Waals surface area (Å²) in [5.74, 6) is 0.994. The van der Waals surface area contributed by atoms with Crippen molar-refractivity contribution in [1.29, 1.82) is 0 Å². The molecule has 0 radical (unpaired) electrons. The highest BCUT2D eigenvalue weighted by molar-refractivity contribution is 5.97. The van der Waals surface area contributed by atoms with Crippen molar-refractivity contribution in [3.8, 4) is 5.75 Å². The summed E-state index contributed by atoms with van der Waals surface area (Å²) < 4.78 is 35.0. The van der Waals surface area contributed by atoms with E-state index in [-0.39, 0.29) is 29.2 Å². The average Bonchev–Trinajstić information content (AvgIpc) is 3.17. The molecule has 0 aliphatic carbocycles. The number of carbonyl (C=O) groups is 1. The van der Waals surface area contributed by atoms with E-state index in [1.54, 1.807) is 17.0 Å². The zero-order valence-corrected chi connectivity index (χ0v) is 16.1. The minimum atomic E-state index is -2.98. The number of ether oxygens (including phenoxy) is 1. The van der Waals surface area contributed by atoms with Gasteiger partial charge < -0.3 is 14.2 Å². The Kier molecular flexibility index (Phi) is 6.23. The fourth-order valence-corrected chi connectivity index (χ4v) is 3.13. The number of para-hydroxylation sites is 1. The van der Waals surface area contributed by atoms with Crippen LogP contribution in [0.15, 0.2) is 28.8 Å². The molecule has 0 N–H and O–H groups in total. The van der Waals surface area contributed by atoms with E-state index < -0.39 is 6.61 Å². The predicted octanol–water partition coefficient (Wildman–Crippen LogP) is 3.31. The monoisotopic (exact) mass is 394 g/mol. The van der Waals surface area contributed by atoms with Crippen LogP contribution in [0.4, 0.5) is 8.78 Å². The predicted molar refractivity (Wildman–Crippen MR) is 97.4 cm³/mol. The SMILES string of the molecule is CC(C)c1noc(C(C)N2CCN(C(=O)c3ccccc3OC(F)F)CC2)n1. The van der Waals surface area contributed by atoms with Gasteiger partial charge in [0.05, 0.1) is 11.6 Å². The topological polar surface area (TPSA) is 71.7 Å². The van der Waals surface area contributed by atoms with Crippen LogP contribution in [-0.2, 0) is 0 Å². The Balaban J connectivity index is 1.63. The number of halogens is 2. The first-order chi connectivity index (χ1) is 13.4. The van der Waals surface area contributed by atoms with Gasteiger partial charge in [0.1, 0.15) is 5.75 Å². The Hall–Kier alpha value is -2.55. The van der Waals surface area contributed by atoms with Crippen LogP contribution >= 0.6 is 0 Å². The zero-order valence-electron chi connectivity index (χ0n) is 16.1. The molecular weight excluding hydrogens is 370 g/mol. The Bertz CT molecular complexity index is 804. The summed E-state index contributed by atoms with van der Waals surface area (Å²) in [6.07, 6.45) is 0. The molecule has 2 aromatic rings. The first-order valence-electron chi connectivity index (χ1n) is 9.27. The second-order valence-electron chi connectivity index (χ2n) is 7.02. The Labute approximate surface area is 162 Å². The van der Waals surface area contributed by atoms with Crippen LogP contribution in [0.2, 0.25) is 0 Å². The van der Waals surface area contributed by atoms with Gasteiger partial charge in [-0.05, 0) is 19.1 Å².